The van der Waals surface area contributed by atoms with Crippen LogP contribution in [0, 0.1) is 0 Å². The summed E-state index contributed by atoms with van der Waals surface area (Å²) in [4.78, 5) is 0. The molecule has 0 aromatic rings. The number of aliphatic hydroxyl groups is 3. The van der Waals surface area contributed by atoms with Crippen LogP contribution in [-0.2, 0) is 14.2 Å². The van der Waals surface area contributed by atoms with Crippen LogP contribution in [0.3, 0.4) is 0 Å². The van der Waals surface area contributed by atoms with Gasteiger partial charge in [0, 0.05) is 13.2 Å². The average Bonchev–Trinajstić information content (AvgIpc) is 2.45. The molecule has 0 aromatic heterocycles. The number of hydrogen-bond donors (Lipinski definition) is 3. The van der Waals surface area contributed by atoms with E-state index < -0.39 is 30.7 Å². The van der Waals surface area contributed by atoms with Gasteiger partial charge in [0.1, 0.15) is 24.4 Å². The molecule has 1 heterocycles. The first kappa shape index (κ1) is 17.8. The van der Waals surface area contributed by atoms with Crippen LogP contribution in [0.2, 0.25) is 0 Å². The summed E-state index contributed by atoms with van der Waals surface area (Å²) < 4.78 is 16.4. The fraction of sp³-hybridized carbons (Fsp3) is 1.00. The summed E-state index contributed by atoms with van der Waals surface area (Å²) in [5, 5.41) is 29.3. The van der Waals surface area contributed by atoms with Gasteiger partial charge in [0.05, 0.1) is 6.61 Å². The van der Waals surface area contributed by atoms with E-state index >= 15 is 0 Å². The van der Waals surface area contributed by atoms with E-state index in [1.54, 1.807) is 0 Å². The lowest BCUT2D eigenvalue weighted by Gasteiger charge is -2.42. The highest BCUT2D eigenvalue weighted by Crippen LogP contribution is 2.25. The highest BCUT2D eigenvalue weighted by atomic mass is 16.7. The normalized spacial score (nSPS) is 34.4. The van der Waals surface area contributed by atoms with E-state index in [-0.39, 0.29) is 6.61 Å². The molecule has 1 aliphatic rings. The maximum atomic E-state index is 10.2. The summed E-state index contributed by atoms with van der Waals surface area (Å²) in [7, 11) is 0. The maximum Gasteiger partial charge on any atom is 0.184 e. The quantitative estimate of drug-likeness (QED) is 0.534. The second-order valence-corrected chi connectivity index (χ2v) is 5.12. The topological polar surface area (TPSA) is 88.4 Å². The van der Waals surface area contributed by atoms with Crippen LogP contribution >= 0.6 is 0 Å². The largest absolute Gasteiger partial charge is 0.394 e. The molecule has 5 atom stereocenters. The van der Waals surface area contributed by atoms with Crippen molar-refractivity contribution in [3.63, 3.8) is 0 Å². The van der Waals surface area contributed by atoms with Crippen LogP contribution in [0.5, 0.6) is 0 Å². The van der Waals surface area contributed by atoms with Crippen LogP contribution in [0.4, 0.5) is 0 Å². The molecule has 1 saturated heterocycles. The van der Waals surface area contributed by atoms with Crippen LogP contribution in [0.15, 0.2) is 0 Å². The Labute approximate surface area is 120 Å². The number of aliphatic hydroxyl groups excluding tert-OH is 3. The molecule has 0 amide bonds. The summed E-state index contributed by atoms with van der Waals surface area (Å²) >= 11 is 0. The minimum Gasteiger partial charge on any atom is -0.394 e. The van der Waals surface area contributed by atoms with Crippen molar-refractivity contribution < 1.29 is 29.5 Å². The van der Waals surface area contributed by atoms with Gasteiger partial charge in [-0.15, -0.1) is 0 Å². The summed E-state index contributed by atoms with van der Waals surface area (Å²) in [5.74, 6) is 0. The fourth-order valence-corrected chi connectivity index (χ4v) is 2.15. The first-order chi connectivity index (χ1) is 9.65. The predicted molar refractivity (Wildman–Crippen MR) is 73.3 cm³/mol. The Morgan fingerprint density at radius 3 is 2.00 bits per heavy atom. The standard InChI is InChI=1S/C14H28O6/c1-3-5-7-18-12-11(16)10(9-15)20-14(17)13(12)19-8-6-4-2/h10-17H,3-9H2,1-2H3/t10?,11-,12?,13+,14-/m1/s1. The first-order valence-electron chi connectivity index (χ1n) is 7.51. The van der Waals surface area contributed by atoms with E-state index in [0.717, 1.165) is 25.7 Å². The molecule has 3 N–H and O–H groups in total. The van der Waals surface area contributed by atoms with Gasteiger partial charge in [-0.25, -0.2) is 0 Å². The third-order valence-corrected chi connectivity index (χ3v) is 3.43. The highest BCUT2D eigenvalue weighted by molar-refractivity contribution is 4.90. The smallest absolute Gasteiger partial charge is 0.184 e. The molecule has 6 heteroatoms. The lowest BCUT2D eigenvalue weighted by molar-refractivity contribution is -0.303. The molecule has 6 nitrogen and oxygen atoms in total. The molecule has 0 spiro atoms. The molecule has 1 aliphatic heterocycles. The minimum absolute atomic E-state index is 0.368. The molecule has 2 unspecified atom stereocenters. The van der Waals surface area contributed by atoms with Gasteiger partial charge in [0.2, 0.25) is 0 Å². The zero-order chi connectivity index (χ0) is 15.0. The van der Waals surface area contributed by atoms with Crippen LogP contribution in [-0.4, -0.2) is 65.8 Å². The number of hydrogen-bond acceptors (Lipinski definition) is 6. The fourth-order valence-electron chi connectivity index (χ4n) is 2.15. The van der Waals surface area contributed by atoms with Crippen molar-refractivity contribution in [3.05, 3.63) is 0 Å². The summed E-state index contributed by atoms with van der Waals surface area (Å²) in [5.41, 5.74) is 0. The number of ether oxygens (including phenoxy) is 3. The molecule has 20 heavy (non-hydrogen) atoms. The van der Waals surface area contributed by atoms with Gasteiger partial charge in [-0.1, -0.05) is 26.7 Å². The Bertz CT molecular complexity index is 250. The van der Waals surface area contributed by atoms with Crippen molar-refractivity contribution >= 4 is 0 Å². The molecule has 0 saturated carbocycles. The minimum atomic E-state index is -1.20. The van der Waals surface area contributed by atoms with Gasteiger partial charge >= 0.3 is 0 Å². The third kappa shape index (κ3) is 4.95. The van der Waals surface area contributed by atoms with Crippen molar-refractivity contribution in [2.24, 2.45) is 0 Å². The van der Waals surface area contributed by atoms with Crippen molar-refractivity contribution in [1.29, 1.82) is 0 Å². The van der Waals surface area contributed by atoms with Gasteiger partial charge in [-0.05, 0) is 12.8 Å². The van der Waals surface area contributed by atoms with Crippen molar-refractivity contribution in [3.8, 4) is 0 Å². The van der Waals surface area contributed by atoms with Crippen molar-refractivity contribution in [2.45, 2.75) is 70.2 Å². The number of rotatable bonds is 9. The molecule has 0 aliphatic carbocycles. The van der Waals surface area contributed by atoms with Crippen LogP contribution in [0.25, 0.3) is 0 Å². The zero-order valence-corrected chi connectivity index (χ0v) is 12.4. The Morgan fingerprint density at radius 2 is 1.50 bits per heavy atom. The molecule has 0 bridgehead atoms. The molecule has 1 fully saturated rings. The summed E-state index contributed by atoms with van der Waals surface area (Å²) in [6, 6.07) is 0. The second-order valence-electron chi connectivity index (χ2n) is 5.12. The maximum absolute atomic E-state index is 10.2. The van der Waals surface area contributed by atoms with E-state index in [4.69, 9.17) is 14.2 Å². The molecule has 0 radical (unpaired) electrons. The SMILES string of the molecule is CCCCOC1[C@H](O)C(CO)O[C@@H](O)[C@H]1OCCCC. The lowest BCUT2D eigenvalue weighted by atomic mass is 9.98. The van der Waals surface area contributed by atoms with E-state index in [1.807, 2.05) is 13.8 Å². The van der Waals surface area contributed by atoms with Gasteiger partial charge in [0.25, 0.3) is 0 Å². The molecule has 1 rings (SSSR count). The van der Waals surface area contributed by atoms with Gasteiger partial charge in [-0.3, -0.25) is 0 Å². The van der Waals surface area contributed by atoms with Gasteiger partial charge in [0.15, 0.2) is 6.29 Å². The molecule has 0 aromatic carbocycles. The zero-order valence-electron chi connectivity index (χ0n) is 12.4. The van der Waals surface area contributed by atoms with E-state index in [9.17, 15) is 15.3 Å². The summed E-state index contributed by atoms with van der Waals surface area (Å²) in [6.07, 6.45) is -0.765. The van der Waals surface area contributed by atoms with Crippen LogP contribution < -0.4 is 0 Å². The Hall–Kier alpha value is -0.240. The molecular formula is C14H28O6. The van der Waals surface area contributed by atoms with Gasteiger partial charge < -0.3 is 29.5 Å². The lowest BCUT2D eigenvalue weighted by Crippen LogP contribution is -2.60. The van der Waals surface area contributed by atoms with Crippen molar-refractivity contribution in [2.75, 3.05) is 19.8 Å². The van der Waals surface area contributed by atoms with Crippen LogP contribution in [0.1, 0.15) is 39.5 Å². The average molecular weight is 292 g/mol. The predicted octanol–water partition coefficient (Wildman–Crippen LogP) is 0.427. The Morgan fingerprint density at radius 1 is 0.950 bits per heavy atom. The Kier molecular flexibility index (Phi) is 8.60. The van der Waals surface area contributed by atoms with Gasteiger partial charge in [-0.2, -0.15) is 0 Å². The highest BCUT2D eigenvalue weighted by Gasteiger charge is 2.45. The second kappa shape index (κ2) is 9.65. The monoisotopic (exact) mass is 292 g/mol. The summed E-state index contributed by atoms with van der Waals surface area (Å²) in [6.45, 7) is 4.68. The van der Waals surface area contributed by atoms with Crippen molar-refractivity contribution in [1.82, 2.24) is 0 Å². The Balaban J connectivity index is 2.63. The third-order valence-electron chi connectivity index (χ3n) is 3.43. The van der Waals surface area contributed by atoms with E-state index in [2.05, 4.69) is 0 Å². The molecule has 120 valence electrons. The van der Waals surface area contributed by atoms with E-state index in [0.29, 0.717) is 13.2 Å². The molecular weight excluding hydrogens is 264 g/mol. The van der Waals surface area contributed by atoms with E-state index in [1.165, 1.54) is 0 Å². The number of unbranched alkanes of at least 4 members (excludes halogenated alkanes) is 2. The first-order valence-corrected chi connectivity index (χ1v) is 7.51.